The predicted molar refractivity (Wildman–Crippen MR) is 125 cm³/mol. The monoisotopic (exact) mass is 532 g/mol. The summed E-state index contributed by atoms with van der Waals surface area (Å²) in [7, 11) is 0. The van der Waals surface area contributed by atoms with Crippen molar-refractivity contribution in [3.05, 3.63) is 50.6 Å². The van der Waals surface area contributed by atoms with Crippen LogP contribution in [0.15, 0.2) is 39.5 Å². The van der Waals surface area contributed by atoms with Crippen molar-refractivity contribution in [2.75, 3.05) is 25.0 Å². The lowest BCUT2D eigenvalue weighted by molar-refractivity contribution is -0.182. The lowest BCUT2D eigenvalue weighted by atomic mass is 9.65. The van der Waals surface area contributed by atoms with Crippen LogP contribution in [-0.4, -0.2) is 42.2 Å². The topological polar surface area (TPSA) is 75.7 Å². The van der Waals surface area contributed by atoms with E-state index in [4.69, 9.17) is 4.84 Å². The van der Waals surface area contributed by atoms with E-state index in [2.05, 4.69) is 27.9 Å². The maximum Gasteiger partial charge on any atom is 0.240 e. The summed E-state index contributed by atoms with van der Waals surface area (Å²) in [6.07, 6.45) is 8.61. The van der Waals surface area contributed by atoms with Crippen molar-refractivity contribution in [2.24, 2.45) is 17.8 Å². The fourth-order valence-electron chi connectivity index (χ4n) is 5.20. The molecule has 1 N–H and O–H groups in total. The van der Waals surface area contributed by atoms with Gasteiger partial charge in [0.15, 0.2) is 11.6 Å². The first-order chi connectivity index (χ1) is 15.0. The molecule has 1 fully saturated rings. The average molecular weight is 532 g/mol. The van der Waals surface area contributed by atoms with E-state index in [1.54, 1.807) is 11.1 Å². The second-order valence-electron chi connectivity index (χ2n) is 8.85. The second-order valence-corrected chi connectivity index (χ2v) is 10.0. The molecule has 4 aliphatic rings. The molecule has 0 bridgehead atoms. The molecule has 1 amide bonds. The summed E-state index contributed by atoms with van der Waals surface area (Å²) in [6, 6.07) is 5.61. The molecule has 0 saturated carbocycles. The normalized spacial score (nSPS) is 28.1. The van der Waals surface area contributed by atoms with Gasteiger partial charge in [0.1, 0.15) is 6.54 Å². The van der Waals surface area contributed by atoms with Crippen LogP contribution in [0.25, 0.3) is 0 Å². The van der Waals surface area contributed by atoms with Crippen LogP contribution in [-0.2, 0) is 20.8 Å². The van der Waals surface area contributed by atoms with E-state index in [0.717, 1.165) is 53.4 Å². The molecule has 3 atom stereocenters. The number of nitrogens with one attached hydrogen (secondary N) is 1. The molecular weight excluding hydrogens is 507 g/mol. The summed E-state index contributed by atoms with van der Waals surface area (Å²) in [6.45, 7) is 1.58. The van der Waals surface area contributed by atoms with Crippen LogP contribution < -0.4 is 5.32 Å². The molecule has 1 heterocycles. The van der Waals surface area contributed by atoms with Gasteiger partial charge in [-0.1, -0.05) is 18.2 Å². The van der Waals surface area contributed by atoms with E-state index >= 15 is 0 Å². The van der Waals surface area contributed by atoms with Crippen molar-refractivity contribution in [2.45, 2.75) is 32.1 Å². The van der Waals surface area contributed by atoms with E-state index in [1.807, 2.05) is 24.3 Å². The van der Waals surface area contributed by atoms with Crippen LogP contribution >= 0.6 is 22.6 Å². The van der Waals surface area contributed by atoms with Crippen LogP contribution in [0.3, 0.4) is 0 Å². The summed E-state index contributed by atoms with van der Waals surface area (Å²) in [4.78, 5) is 43.9. The van der Waals surface area contributed by atoms with Crippen LogP contribution in [0, 0.1) is 17.8 Å². The quantitative estimate of drug-likeness (QED) is 0.599. The van der Waals surface area contributed by atoms with Gasteiger partial charge < -0.3 is 5.32 Å². The first kappa shape index (κ1) is 21.0. The number of hydrogen-bond acceptors (Lipinski definition) is 5. The summed E-state index contributed by atoms with van der Waals surface area (Å²) >= 11 is 2.10. The third-order valence-electron chi connectivity index (χ3n) is 6.79. The first-order valence-electron chi connectivity index (χ1n) is 11.0. The van der Waals surface area contributed by atoms with E-state index in [-0.39, 0.29) is 35.9 Å². The Morgan fingerprint density at radius 3 is 2.94 bits per heavy atom. The van der Waals surface area contributed by atoms with Crippen LogP contribution in [0.4, 0.5) is 5.69 Å². The third kappa shape index (κ3) is 4.15. The summed E-state index contributed by atoms with van der Waals surface area (Å²) in [5.74, 6) is 0.275. The number of Topliss-reactive ketones (excluding diaryl/α,β-unsaturated/α-hetero) is 2. The Balaban J connectivity index is 1.34. The molecule has 5 rings (SSSR count). The van der Waals surface area contributed by atoms with E-state index in [0.29, 0.717) is 23.8 Å². The molecule has 0 spiro atoms. The number of nitrogens with zero attached hydrogens (tertiary/aromatic N) is 1. The molecule has 1 aromatic carbocycles. The number of fused-ring (bicyclic) bond motifs is 3. The number of halogens is 1. The highest BCUT2D eigenvalue weighted by atomic mass is 127. The predicted octanol–water partition coefficient (Wildman–Crippen LogP) is 3.86. The fourth-order valence-corrected chi connectivity index (χ4v) is 5.82. The lowest BCUT2D eigenvalue weighted by Crippen LogP contribution is -2.37. The van der Waals surface area contributed by atoms with Gasteiger partial charge in [-0.3, -0.25) is 19.2 Å². The van der Waals surface area contributed by atoms with E-state index in [1.165, 1.54) is 0 Å². The number of allylic oxidation sites excluding steroid dienone is 4. The number of anilines is 1. The van der Waals surface area contributed by atoms with Crippen LogP contribution in [0.5, 0.6) is 0 Å². The van der Waals surface area contributed by atoms with E-state index in [9.17, 15) is 14.4 Å². The Kier molecular flexibility index (Phi) is 5.83. The van der Waals surface area contributed by atoms with Gasteiger partial charge in [-0.25, -0.2) is 0 Å². The molecule has 1 saturated heterocycles. The Morgan fingerprint density at radius 2 is 2.13 bits per heavy atom. The highest BCUT2D eigenvalue weighted by molar-refractivity contribution is 14.1. The van der Waals surface area contributed by atoms with Crippen molar-refractivity contribution in [3.8, 4) is 0 Å². The van der Waals surface area contributed by atoms with Gasteiger partial charge >= 0.3 is 0 Å². The number of carbonyl (C=O) groups is 3. The van der Waals surface area contributed by atoms with Crippen molar-refractivity contribution in [1.82, 2.24) is 5.06 Å². The highest BCUT2D eigenvalue weighted by Gasteiger charge is 2.41. The fraction of sp³-hybridized carbons (Fsp3) is 0.458. The Labute approximate surface area is 195 Å². The molecule has 7 heteroatoms. The van der Waals surface area contributed by atoms with Gasteiger partial charge in [0.05, 0.1) is 10.2 Å². The van der Waals surface area contributed by atoms with Crippen LogP contribution in [0.1, 0.15) is 41.6 Å². The smallest absolute Gasteiger partial charge is 0.240 e. The van der Waals surface area contributed by atoms with Gasteiger partial charge in [0.2, 0.25) is 5.91 Å². The van der Waals surface area contributed by atoms with Crippen LogP contribution in [0.2, 0.25) is 0 Å². The Morgan fingerprint density at radius 1 is 1.26 bits per heavy atom. The molecule has 6 nitrogen and oxygen atoms in total. The minimum absolute atomic E-state index is 0.00229. The van der Waals surface area contributed by atoms with Crippen molar-refractivity contribution in [3.63, 3.8) is 0 Å². The molecule has 3 unspecified atom stereocenters. The zero-order valence-corrected chi connectivity index (χ0v) is 19.4. The highest BCUT2D eigenvalue weighted by Crippen LogP contribution is 2.45. The molecule has 162 valence electrons. The average Bonchev–Trinajstić information content (AvgIpc) is 2.77. The zero-order chi connectivity index (χ0) is 21.5. The molecule has 1 aliphatic heterocycles. The molecule has 1 aromatic rings. The maximum absolute atomic E-state index is 13.3. The summed E-state index contributed by atoms with van der Waals surface area (Å²) in [5.41, 5.74) is 3.06. The Hall–Kier alpha value is -1.84. The van der Waals surface area contributed by atoms with Crippen molar-refractivity contribution < 1.29 is 19.2 Å². The van der Waals surface area contributed by atoms with Crippen molar-refractivity contribution >= 4 is 45.8 Å². The summed E-state index contributed by atoms with van der Waals surface area (Å²) < 4.78 is 0.778. The van der Waals surface area contributed by atoms with Gasteiger partial charge in [-0.15, -0.1) is 0 Å². The number of ketones is 2. The number of hydroxylamine groups is 2. The maximum atomic E-state index is 13.3. The SMILES string of the molecule is O=C(CN1CCCCO1)Nc1ccc2c(c1)C(=O)C1=CC3C(=O)C(I)=CCC3CC1C2. The number of rotatable bonds is 3. The first-order valence-corrected chi connectivity index (χ1v) is 12.0. The van der Waals surface area contributed by atoms with Gasteiger partial charge in [0.25, 0.3) is 0 Å². The number of benzene rings is 1. The standard InChI is InChI=1S/C24H25IN2O4/c25-21-6-4-15-10-16-9-14-3-5-17(26-22(28)13-27-7-1-2-8-31-27)11-18(14)23(29)20(16)12-19(15)24(21)30/h3,5-6,11-12,15-16,19H,1-2,4,7-10,13H2,(H,26,28). The minimum Gasteiger partial charge on any atom is -0.325 e. The second kappa shape index (κ2) is 8.60. The number of carbonyl (C=O) groups excluding carboxylic acids is 3. The van der Waals surface area contributed by atoms with E-state index < -0.39 is 0 Å². The molecule has 0 radical (unpaired) electrons. The molecule has 0 aromatic heterocycles. The van der Waals surface area contributed by atoms with Gasteiger partial charge in [0, 0.05) is 29.3 Å². The van der Waals surface area contributed by atoms with Gasteiger partial charge in [-0.2, -0.15) is 5.06 Å². The largest absolute Gasteiger partial charge is 0.325 e. The minimum atomic E-state index is -0.180. The zero-order valence-electron chi connectivity index (χ0n) is 17.2. The summed E-state index contributed by atoms with van der Waals surface area (Å²) in [5, 5.41) is 4.58. The lowest BCUT2D eigenvalue weighted by Gasteiger charge is -2.38. The Bertz CT molecular complexity index is 1010. The van der Waals surface area contributed by atoms with Crippen molar-refractivity contribution in [1.29, 1.82) is 0 Å². The molecule has 3 aliphatic carbocycles. The molecule has 31 heavy (non-hydrogen) atoms. The number of hydrogen-bond donors (Lipinski definition) is 1. The third-order valence-corrected chi connectivity index (χ3v) is 7.77. The molecular formula is C24H25IN2O4. The van der Waals surface area contributed by atoms with Gasteiger partial charge in [-0.05, 0) is 84.2 Å². The number of amides is 1.